The van der Waals surface area contributed by atoms with E-state index in [1.807, 2.05) is 33.3 Å². The van der Waals surface area contributed by atoms with Gasteiger partial charge in [-0.3, -0.25) is 0 Å². The summed E-state index contributed by atoms with van der Waals surface area (Å²) in [7, 11) is 0. The molecule has 0 atom stereocenters. The molecule has 2 rings (SSSR count). The Morgan fingerprint density at radius 3 is 2.85 bits per heavy atom. The molecule has 0 saturated heterocycles. The van der Waals surface area contributed by atoms with Crippen molar-refractivity contribution in [3.63, 3.8) is 0 Å². The normalized spacial score (nSPS) is 9.46. The van der Waals surface area contributed by atoms with Crippen molar-refractivity contribution in [2.24, 2.45) is 0 Å². The van der Waals surface area contributed by atoms with Crippen LogP contribution < -0.4 is 10.7 Å². The molecule has 3 nitrogen and oxygen atoms in total. The Bertz CT molecular complexity index is 404. The van der Waals surface area contributed by atoms with Gasteiger partial charge in [-0.25, -0.2) is 0 Å². The van der Waals surface area contributed by atoms with E-state index in [0.29, 0.717) is 5.95 Å². The zero-order valence-corrected chi connectivity index (χ0v) is 12.6. The van der Waals surface area contributed by atoms with Gasteiger partial charge in [0.15, 0.2) is 0 Å². The van der Waals surface area contributed by atoms with Crippen molar-refractivity contribution in [3.8, 4) is 0 Å². The third-order valence-corrected chi connectivity index (χ3v) is 1.90. The molecule has 6 heteroatoms. The van der Waals surface area contributed by atoms with E-state index in [1.165, 1.54) is 0 Å². The standard InChI is InChI=1S/C7H5BrN3.HI.Os/c8-4-1-2-5-6(3-4)11-7(9)10-5;;/h1-3H,(H2-,9,10,11);1H;/q-1;;+1/p-1. The molecule has 13 heavy (non-hydrogen) atoms. The second-order valence-electron chi connectivity index (χ2n) is 2.21. The first-order valence-electron chi connectivity index (χ1n) is 3.24. The van der Waals surface area contributed by atoms with Crippen molar-refractivity contribution in [2.75, 3.05) is 5.73 Å². The van der Waals surface area contributed by atoms with Gasteiger partial charge in [0.2, 0.25) is 0 Å². The molecule has 0 unspecified atom stereocenters. The van der Waals surface area contributed by atoms with Crippen LogP contribution in [-0.2, 0) is 15.1 Å². The van der Waals surface area contributed by atoms with Crippen LogP contribution in [0.15, 0.2) is 22.7 Å². The van der Waals surface area contributed by atoms with Gasteiger partial charge < -0.3 is 15.7 Å². The number of halogens is 2. The van der Waals surface area contributed by atoms with Crippen LogP contribution in [-0.4, -0.2) is 4.98 Å². The summed E-state index contributed by atoms with van der Waals surface area (Å²) in [6.45, 7) is 0. The van der Waals surface area contributed by atoms with Gasteiger partial charge in [0.25, 0.3) is 0 Å². The van der Waals surface area contributed by atoms with E-state index in [0.717, 1.165) is 15.5 Å². The molecule has 1 aromatic heterocycles. The maximum absolute atomic E-state index is 5.40. The van der Waals surface area contributed by atoms with E-state index in [1.54, 1.807) is 0 Å². The number of nitrogen functional groups attached to an aromatic ring is 1. The average Bonchev–Trinajstić information content (AvgIpc) is 2.48. The van der Waals surface area contributed by atoms with E-state index < -0.39 is 0 Å². The van der Waals surface area contributed by atoms with Crippen LogP contribution in [0.3, 0.4) is 0 Å². The van der Waals surface area contributed by atoms with E-state index in [9.17, 15) is 0 Å². The summed E-state index contributed by atoms with van der Waals surface area (Å²) in [4.78, 5) is 8.01. The summed E-state index contributed by atoms with van der Waals surface area (Å²) >= 11 is 7.34. The van der Waals surface area contributed by atoms with Crippen molar-refractivity contribution >= 4 is 52.6 Å². The summed E-state index contributed by atoms with van der Waals surface area (Å²) < 4.78 is 0.991. The Kier molecular flexibility index (Phi) is 4.63. The topological polar surface area (TPSA) is 53.0 Å². The van der Waals surface area contributed by atoms with Gasteiger partial charge in [-0.05, 0) is 12.1 Å². The monoisotopic (exact) mass is 529 g/mol. The number of anilines is 1. The molecular weight excluding hydrogens is 523 g/mol. The van der Waals surface area contributed by atoms with Gasteiger partial charge in [-0.15, -0.1) is 0 Å². The Morgan fingerprint density at radius 2 is 2.15 bits per heavy atom. The first kappa shape index (κ1) is 11.4. The Labute approximate surface area is 105 Å². The quantitative estimate of drug-likeness (QED) is 0.535. The summed E-state index contributed by atoms with van der Waals surface area (Å²) in [6.07, 6.45) is 0. The van der Waals surface area contributed by atoms with Gasteiger partial charge in [-0.2, -0.15) is 0 Å². The summed E-state index contributed by atoms with van der Waals surface area (Å²) in [5, 5.41) is 0. The molecule has 1 aromatic carbocycles. The molecule has 0 saturated carbocycles. The summed E-state index contributed by atoms with van der Waals surface area (Å²) in [6, 6.07) is 5.68. The van der Waals surface area contributed by atoms with Gasteiger partial charge >= 0.3 is 34.7 Å². The first-order chi connectivity index (χ1) is 6.25. The Morgan fingerprint density at radius 1 is 1.46 bits per heavy atom. The molecule has 2 N–H and O–H groups in total. The van der Waals surface area contributed by atoms with Crippen molar-refractivity contribution in [1.82, 2.24) is 9.97 Å². The summed E-state index contributed by atoms with van der Waals surface area (Å²) in [5.74, 6) is 0.332. The number of imidazole rings is 1. The molecule has 1 heterocycles. The Hall–Kier alpha value is 0.336. The molecule has 0 fully saturated rings. The van der Waals surface area contributed by atoms with Gasteiger partial charge in [0.05, 0.1) is 0 Å². The molecule has 0 aliphatic carbocycles. The third-order valence-electron chi connectivity index (χ3n) is 1.41. The van der Waals surface area contributed by atoms with E-state index in [2.05, 4.69) is 45.6 Å². The molecular formula is C7H5BrIN3Os-. The minimum atomic E-state index is 0.332. The van der Waals surface area contributed by atoms with Crippen molar-refractivity contribution in [2.45, 2.75) is 0 Å². The zero-order valence-electron chi connectivity index (χ0n) is 6.31. The number of nitrogens with zero attached hydrogens (tertiary/aromatic N) is 2. The number of fused-ring (bicyclic) bond motifs is 1. The first-order valence-corrected chi connectivity index (χ1v) is 11.2. The predicted octanol–water partition coefficient (Wildman–Crippen LogP) is 2.42. The number of aromatic nitrogens is 2. The van der Waals surface area contributed by atoms with Gasteiger partial charge in [-0.1, -0.05) is 22.0 Å². The third kappa shape index (κ3) is 2.90. The van der Waals surface area contributed by atoms with E-state index >= 15 is 0 Å². The molecule has 0 aliphatic rings. The van der Waals surface area contributed by atoms with Crippen LogP contribution in [0, 0.1) is 0 Å². The number of rotatable bonds is 0. The minimum absolute atomic E-state index is 0.332. The fourth-order valence-electron chi connectivity index (χ4n) is 0.953. The zero-order chi connectivity index (χ0) is 9.84. The summed E-state index contributed by atoms with van der Waals surface area (Å²) in [5.41, 5.74) is 7.07. The number of nitrogens with two attached hydrogens (primary N) is 1. The second kappa shape index (κ2) is 5.27. The van der Waals surface area contributed by atoms with Crippen LogP contribution in [0.4, 0.5) is 5.95 Å². The van der Waals surface area contributed by atoms with E-state index in [4.69, 9.17) is 5.73 Å². The maximum atomic E-state index is 5.40. The molecule has 2 aromatic rings. The fourth-order valence-corrected chi connectivity index (χ4v) is 1.30. The second-order valence-corrected chi connectivity index (χ2v) is 3.13. The van der Waals surface area contributed by atoms with Crippen LogP contribution in [0.2, 0.25) is 0 Å². The molecule has 71 valence electrons. The fraction of sp³-hybridized carbons (Fsp3) is 0. The van der Waals surface area contributed by atoms with Gasteiger partial charge in [0.1, 0.15) is 0 Å². The van der Waals surface area contributed by atoms with Crippen LogP contribution in [0.25, 0.3) is 11.0 Å². The average molecular weight is 528 g/mol. The predicted molar refractivity (Wildman–Crippen MR) is 61.2 cm³/mol. The van der Waals surface area contributed by atoms with Crippen molar-refractivity contribution in [1.29, 1.82) is 0 Å². The molecule has 0 radical (unpaired) electrons. The van der Waals surface area contributed by atoms with Crippen LogP contribution in [0.5, 0.6) is 0 Å². The van der Waals surface area contributed by atoms with Crippen LogP contribution in [0.1, 0.15) is 0 Å². The number of benzene rings is 1. The molecule has 0 aliphatic heterocycles. The van der Waals surface area contributed by atoms with Crippen molar-refractivity contribution in [3.05, 3.63) is 22.7 Å². The SMILES string of the molecule is Nc1nc2ccc(Br)cc2[n-]1.[I][Os]. The number of hydrogen-bond acceptors (Lipinski definition) is 2. The van der Waals surface area contributed by atoms with Gasteiger partial charge in [0, 0.05) is 21.5 Å². The number of hydrogen-bond donors (Lipinski definition) is 1. The Balaban J connectivity index is 0.000000396. The molecule has 0 amide bonds. The molecule has 0 bridgehead atoms. The molecule has 0 spiro atoms. The van der Waals surface area contributed by atoms with E-state index in [-0.39, 0.29) is 0 Å². The van der Waals surface area contributed by atoms with Crippen molar-refractivity contribution < 1.29 is 15.1 Å². The van der Waals surface area contributed by atoms with Crippen LogP contribution >= 0.6 is 35.6 Å².